The zero-order chi connectivity index (χ0) is 17.9. The van der Waals surface area contributed by atoms with Crippen LogP contribution in [0.2, 0.25) is 0 Å². The number of hydrogen-bond acceptors (Lipinski definition) is 6. The lowest BCUT2D eigenvalue weighted by molar-refractivity contribution is 0.594. The summed E-state index contributed by atoms with van der Waals surface area (Å²) < 4.78 is 30.1. The predicted octanol–water partition coefficient (Wildman–Crippen LogP) is 1.01. The summed E-state index contributed by atoms with van der Waals surface area (Å²) in [6.45, 7) is 2.08. The molecule has 0 radical (unpaired) electrons. The summed E-state index contributed by atoms with van der Waals surface area (Å²) in [4.78, 5) is 0.246. The highest BCUT2D eigenvalue weighted by Crippen LogP contribution is 2.43. The standard InChI is InChI=1S/C14H15N7O2S2/c1-8-13-12(18-20(8)7-11-16-17-14(24)21(11)15)9-5-3-4-6-10(9)25(22,23)19(13)2/h3-6H,7,15H2,1-2H3,(H,17,24). The van der Waals surface area contributed by atoms with E-state index in [0.29, 0.717) is 33.2 Å². The van der Waals surface area contributed by atoms with Crippen molar-refractivity contribution in [3.63, 3.8) is 0 Å². The topological polar surface area (TPSA) is 115 Å². The third-order valence-corrected chi connectivity index (χ3v) is 6.44. The highest BCUT2D eigenvalue weighted by atomic mass is 32.2. The van der Waals surface area contributed by atoms with Gasteiger partial charge >= 0.3 is 0 Å². The predicted molar refractivity (Wildman–Crippen MR) is 94.7 cm³/mol. The largest absolute Gasteiger partial charge is 0.335 e. The highest BCUT2D eigenvalue weighted by molar-refractivity contribution is 7.93. The number of aromatic nitrogens is 5. The number of benzene rings is 1. The van der Waals surface area contributed by atoms with Gasteiger partial charge in [-0.3, -0.25) is 14.1 Å². The summed E-state index contributed by atoms with van der Waals surface area (Å²) in [6.07, 6.45) is 0. The molecule has 1 aliphatic rings. The van der Waals surface area contributed by atoms with Gasteiger partial charge in [-0.05, 0) is 25.2 Å². The van der Waals surface area contributed by atoms with Gasteiger partial charge in [0.15, 0.2) is 5.82 Å². The molecular weight excluding hydrogens is 362 g/mol. The molecule has 25 heavy (non-hydrogen) atoms. The number of fused-ring (bicyclic) bond motifs is 3. The number of rotatable bonds is 2. The molecule has 0 atom stereocenters. The monoisotopic (exact) mass is 377 g/mol. The third-order valence-electron chi connectivity index (χ3n) is 4.34. The second-order valence-electron chi connectivity index (χ2n) is 5.72. The van der Waals surface area contributed by atoms with Crippen LogP contribution >= 0.6 is 12.2 Å². The van der Waals surface area contributed by atoms with Crippen molar-refractivity contribution in [2.45, 2.75) is 18.4 Å². The molecule has 3 N–H and O–H groups in total. The van der Waals surface area contributed by atoms with Crippen LogP contribution in [0.25, 0.3) is 11.3 Å². The van der Waals surface area contributed by atoms with E-state index < -0.39 is 10.0 Å². The van der Waals surface area contributed by atoms with Gasteiger partial charge in [-0.1, -0.05) is 18.2 Å². The van der Waals surface area contributed by atoms with Crippen molar-refractivity contribution in [3.8, 4) is 11.3 Å². The van der Waals surface area contributed by atoms with Crippen molar-refractivity contribution in [2.24, 2.45) is 0 Å². The van der Waals surface area contributed by atoms with E-state index in [-0.39, 0.29) is 11.4 Å². The summed E-state index contributed by atoms with van der Waals surface area (Å²) in [5, 5.41) is 11.3. The Kier molecular flexibility index (Phi) is 3.27. The van der Waals surface area contributed by atoms with Gasteiger partial charge in [0.05, 0.1) is 10.6 Å². The van der Waals surface area contributed by atoms with Crippen molar-refractivity contribution in [1.29, 1.82) is 0 Å². The van der Waals surface area contributed by atoms with Crippen LogP contribution in [0.15, 0.2) is 29.2 Å². The molecule has 0 saturated heterocycles. The molecule has 3 aromatic rings. The number of nitrogens with zero attached hydrogens (tertiary/aromatic N) is 5. The molecule has 11 heteroatoms. The summed E-state index contributed by atoms with van der Waals surface area (Å²) in [5.74, 6) is 6.33. The van der Waals surface area contributed by atoms with E-state index in [1.54, 1.807) is 28.9 Å². The molecule has 0 fully saturated rings. The van der Waals surface area contributed by atoms with Crippen LogP contribution in [-0.4, -0.2) is 40.1 Å². The average molecular weight is 377 g/mol. The molecule has 0 saturated carbocycles. The van der Waals surface area contributed by atoms with E-state index in [0.717, 1.165) is 0 Å². The lowest BCUT2D eigenvalue weighted by atomic mass is 10.1. The first kappa shape index (κ1) is 15.8. The first-order valence-corrected chi connectivity index (χ1v) is 9.24. The van der Waals surface area contributed by atoms with Gasteiger partial charge in [0.25, 0.3) is 10.0 Å². The van der Waals surface area contributed by atoms with Crippen molar-refractivity contribution >= 4 is 27.9 Å². The fourth-order valence-electron chi connectivity index (χ4n) is 2.99. The molecule has 0 unspecified atom stereocenters. The third kappa shape index (κ3) is 2.12. The molecular formula is C14H15N7O2S2. The molecule has 0 bridgehead atoms. The minimum absolute atomic E-state index is 0.246. The van der Waals surface area contributed by atoms with Crippen molar-refractivity contribution < 1.29 is 8.42 Å². The van der Waals surface area contributed by atoms with E-state index >= 15 is 0 Å². The van der Waals surface area contributed by atoms with Gasteiger partial charge in [-0.15, -0.1) is 0 Å². The Morgan fingerprint density at radius 1 is 1.32 bits per heavy atom. The van der Waals surface area contributed by atoms with Crippen molar-refractivity contribution in [2.75, 3.05) is 17.2 Å². The number of H-pyrrole nitrogens is 1. The van der Waals surface area contributed by atoms with Gasteiger partial charge in [0.2, 0.25) is 4.77 Å². The van der Waals surface area contributed by atoms with Crippen LogP contribution in [0.3, 0.4) is 0 Å². The van der Waals surface area contributed by atoms with Crippen LogP contribution in [-0.2, 0) is 16.6 Å². The van der Waals surface area contributed by atoms with Gasteiger partial charge in [-0.25, -0.2) is 13.1 Å². The Labute approximate surface area is 148 Å². The maximum Gasteiger partial charge on any atom is 0.264 e. The van der Waals surface area contributed by atoms with Crippen LogP contribution < -0.4 is 10.1 Å². The molecule has 0 spiro atoms. The molecule has 4 rings (SSSR count). The van der Waals surface area contributed by atoms with Crippen LogP contribution in [0, 0.1) is 11.7 Å². The van der Waals surface area contributed by atoms with Crippen molar-refractivity contribution in [1.82, 2.24) is 24.7 Å². The Hall–Kier alpha value is -2.66. The highest BCUT2D eigenvalue weighted by Gasteiger charge is 2.36. The van der Waals surface area contributed by atoms with Crippen molar-refractivity contribution in [3.05, 3.63) is 40.6 Å². The van der Waals surface area contributed by atoms with E-state index in [1.165, 1.54) is 16.0 Å². The average Bonchev–Trinajstić information content (AvgIpc) is 3.08. The zero-order valence-electron chi connectivity index (χ0n) is 13.5. The summed E-state index contributed by atoms with van der Waals surface area (Å²) >= 11 is 5.01. The molecule has 3 heterocycles. The number of hydrogen-bond donors (Lipinski definition) is 2. The van der Waals surface area contributed by atoms with E-state index in [9.17, 15) is 8.42 Å². The molecule has 2 aromatic heterocycles. The second kappa shape index (κ2) is 5.17. The number of nitrogens with one attached hydrogen (secondary N) is 1. The smallest absolute Gasteiger partial charge is 0.264 e. The van der Waals surface area contributed by atoms with Crippen LogP contribution in [0.4, 0.5) is 5.69 Å². The molecule has 0 amide bonds. The molecule has 130 valence electrons. The van der Waals surface area contributed by atoms with E-state index in [2.05, 4.69) is 15.3 Å². The van der Waals surface area contributed by atoms with Gasteiger partial charge < -0.3 is 5.84 Å². The number of nitrogens with two attached hydrogens (primary N) is 1. The Morgan fingerprint density at radius 3 is 2.72 bits per heavy atom. The molecule has 1 aliphatic heterocycles. The summed E-state index contributed by atoms with van der Waals surface area (Å²) in [5.41, 5.74) is 2.45. The maximum atomic E-state index is 12.8. The van der Waals surface area contributed by atoms with Crippen LogP contribution in [0.1, 0.15) is 11.5 Å². The fraction of sp³-hybridized carbons (Fsp3) is 0.214. The number of nitrogen functional groups attached to an aromatic ring is 1. The Balaban J connectivity index is 1.92. The zero-order valence-corrected chi connectivity index (χ0v) is 15.1. The SMILES string of the molecule is Cc1c2c(nn1Cc1n[nH]c(=S)n1N)-c1ccccc1S(=O)(=O)N2C. The Bertz CT molecular complexity index is 1160. The quantitative estimate of drug-likeness (QED) is 0.509. The minimum atomic E-state index is -3.61. The maximum absolute atomic E-state index is 12.8. The molecule has 1 aromatic carbocycles. The normalized spacial score (nSPS) is 15.0. The lowest BCUT2D eigenvalue weighted by Crippen LogP contribution is -2.30. The Morgan fingerprint density at radius 2 is 2.04 bits per heavy atom. The summed E-state index contributed by atoms with van der Waals surface area (Å²) in [7, 11) is -2.08. The van der Waals surface area contributed by atoms with Crippen LogP contribution in [0.5, 0.6) is 0 Å². The summed E-state index contributed by atoms with van der Waals surface area (Å²) in [6, 6.07) is 6.84. The lowest BCUT2D eigenvalue weighted by Gasteiger charge is -2.26. The van der Waals surface area contributed by atoms with Gasteiger partial charge in [-0.2, -0.15) is 10.2 Å². The second-order valence-corrected chi connectivity index (χ2v) is 8.05. The first-order valence-electron chi connectivity index (χ1n) is 7.39. The van der Waals surface area contributed by atoms with E-state index in [4.69, 9.17) is 18.1 Å². The minimum Gasteiger partial charge on any atom is -0.335 e. The van der Waals surface area contributed by atoms with E-state index in [1.807, 2.05) is 6.92 Å². The molecule has 0 aliphatic carbocycles. The van der Waals surface area contributed by atoms with Gasteiger partial charge in [0.1, 0.15) is 17.9 Å². The van der Waals surface area contributed by atoms with Gasteiger partial charge in [0, 0.05) is 12.6 Å². The number of anilines is 1. The first-order chi connectivity index (χ1) is 11.8. The number of aromatic amines is 1. The fourth-order valence-corrected chi connectivity index (χ4v) is 4.58. The number of sulfonamides is 1. The molecule has 9 nitrogen and oxygen atoms in total.